The molecule has 0 aliphatic carbocycles. The van der Waals surface area contributed by atoms with Crippen LogP contribution in [0.4, 0.5) is 0 Å². The third kappa shape index (κ3) is 4.94. The molecule has 0 saturated carbocycles. The molecule has 0 radical (unpaired) electrons. The van der Waals surface area contributed by atoms with Gasteiger partial charge in [-0.1, -0.05) is 0 Å². The molecule has 2 aliphatic heterocycles. The van der Waals surface area contributed by atoms with Crippen molar-refractivity contribution >= 4 is 22.0 Å². The summed E-state index contributed by atoms with van der Waals surface area (Å²) >= 11 is 0. The highest BCUT2D eigenvalue weighted by Gasteiger charge is 2.28. The Bertz CT molecular complexity index is 507. The standard InChI is InChI=1S/C12H22N4O4S/c13-21(19,20)14-7-10-3-1-5-15(8-10)12(18)9-16-6-2-4-11(16)17/h10,14H,1-9H2,(H2,13,19,20). The van der Waals surface area contributed by atoms with Crippen LogP contribution in [0, 0.1) is 5.92 Å². The SMILES string of the molecule is NS(=O)(=O)NCC1CCCN(C(=O)CN2CCCC2=O)C1. The number of carbonyl (C=O) groups excluding carboxylic acids is 2. The first-order valence-electron chi connectivity index (χ1n) is 7.18. The molecule has 2 rings (SSSR count). The van der Waals surface area contributed by atoms with Gasteiger partial charge in [0, 0.05) is 32.6 Å². The zero-order valence-corrected chi connectivity index (χ0v) is 12.8. The smallest absolute Gasteiger partial charge is 0.274 e. The molecular weight excluding hydrogens is 296 g/mol. The molecule has 120 valence electrons. The molecule has 2 fully saturated rings. The molecule has 9 heteroatoms. The van der Waals surface area contributed by atoms with E-state index in [0.717, 1.165) is 19.3 Å². The summed E-state index contributed by atoms with van der Waals surface area (Å²) in [6.45, 7) is 2.18. The van der Waals surface area contributed by atoms with Gasteiger partial charge in [0.25, 0.3) is 10.2 Å². The van der Waals surface area contributed by atoms with E-state index in [1.54, 1.807) is 9.80 Å². The lowest BCUT2D eigenvalue weighted by Crippen LogP contribution is -2.47. The van der Waals surface area contributed by atoms with Gasteiger partial charge in [-0.05, 0) is 25.2 Å². The first kappa shape index (κ1) is 16.2. The molecule has 2 heterocycles. The van der Waals surface area contributed by atoms with Gasteiger partial charge in [0.1, 0.15) is 0 Å². The Balaban J connectivity index is 1.82. The van der Waals surface area contributed by atoms with Crippen molar-refractivity contribution in [2.24, 2.45) is 11.1 Å². The van der Waals surface area contributed by atoms with Gasteiger partial charge in [-0.2, -0.15) is 8.42 Å². The summed E-state index contributed by atoms with van der Waals surface area (Å²) in [4.78, 5) is 27.1. The van der Waals surface area contributed by atoms with E-state index in [1.165, 1.54) is 0 Å². The molecule has 1 atom stereocenters. The molecule has 2 aliphatic rings. The van der Waals surface area contributed by atoms with Gasteiger partial charge in [0.05, 0.1) is 6.54 Å². The van der Waals surface area contributed by atoms with Crippen LogP contribution in [-0.2, 0) is 19.8 Å². The normalized spacial score (nSPS) is 23.7. The monoisotopic (exact) mass is 318 g/mol. The fourth-order valence-electron chi connectivity index (χ4n) is 2.83. The first-order valence-corrected chi connectivity index (χ1v) is 8.73. The quantitative estimate of drug-likeness (QED) is 0.652. The number of nitrogens with zero attached hydrogens (tertiary/aromatic N) is 2. The van der Waals surface area contributed by atoms with Gasteiger partial charge in [0.2, 0.25) is 11.8 Å². The molecule has 8 nitrogen and oxygen atoms in total. The van der Waals surface area contributed by atoms with Crippen molar-refractivity contribution in [3.8, 4) is 0 Å². The van der Waals surface area contributed by atoms with E-state index in [4.69, 9.17) is 5.14 Å². The van der Waals surface area contributed by atoms with Crippen LogP contribution in [0.15, 0.2) is 0 Å². The topological polar surface area (TPSA) is 113 Å². The Labute approximate surface area is 124 Å². The van der Waals surface area contributed by atoms with Gasteiger partial charge in [-0.15, -0.1) is 0 Å². The van der Waals surface area contributed by atoms with Gasteiger partial charge in [-0.25, -0.2) is 9.86 Å². The number of hydrogen-bond donors (Lipinski definition) is 2. The van der Waals surface area contributed by atoms with E-state index in [0.29, 0.717) is 26.1 Å². The number of rotatable bonds is 5. The summed E-state index contributed by atoms with van der Waals surface area (Å²) in [7, 11) is -3.69. The van der Waals surface area contributed by atoms with E-state index >= 15 is 0 Å². The molecule has 0 aromatic heterocycles. The van der Waals surface area contributed by atoms with Gasteiger partial charge in [0.15, 0.2) is 0 Å². The van der Waals surface area contributed by atoms with E-state index < -0.39 is 10.2 Å². The zero-order chi connectivity index (χ0) is 15.5. The van der Waals surface area contributed by atoms with Crippen molar-refractivity contribution in [1.82, 2.24) is 14.5 Å². The van der Waals surface area contributed by atoms with Crippen molar-refractivity contribution in [3.05, 3.63) is 0 Å². The van der Waals surface area contributed by atoms with Crippen molar-refractivity contribution in [2.45, 2.75) is 25.7 Å². The zero-order valence-electron chi connectivity index (χ0n) is 12.0. The lowest BCUT2D eigenvalue weighted by Gasteiger charge is -2.33. The van der Waals surface area contributed by atoms with Crippen LogP contribution in [0.3, 0.4) is 0 Å². The largest absolute Gasteiger partial charge is 0.341 e. The molecular formula is C12H22N4O4S. The maximum atomic E-state index is 12.2. The van der Waals surface area contributed by atoms with E-state index in [-0.39, 0.29) is 30.8 Å². The second-order valence-electron chi connectivity index (χ2n) is 5.66. The first-order chi connectivity index (χ1) is 9.85. The second-order valence-corrected chi connectivity index (χ2v) is 7.04. The highest BCUT2D eigenvalue weighted by molar-refractivity contribution is 7.87. The Morgan fingerprint density at radius 3 is 2.71 bits per heavy atom. The highest BCUT2D eigenvalue weighted by atomic mass is 32.2. The van der Waals surface area contributed by atoms with Crippen molar-refractivity contribution in [1.29, 1.82) is 0 Å². The summed E-state index contributed by atoms with van der Waals surface area (Å²) in [6, 6.07) is 0. The summed E-state index contributed by atoms with van der Waals surface area (Å²) in [6.07, 6.45) is 3.02. The van der Waals surface area contributed by atoms with Crippen LogP contribution in [0.25, 0.3) is 0 Å². The highest BCUT2D eigenvalue weighted by Crippen LogP contribution is 2.17. The lowest BCUT2D eigenvalue weighted by molar-refractivity contribution is -0.139. The predicted molar refractivity (Wildman–Crippen MR) is 76.2 cm³/mol. The summed E-state index contributed by atoms with van der Waals surface area (Å²) < 4.78 is 24.1. The van der Waals surface area contributed by atoms with Gasteiger partial charge >= 0.3 is 0 Å². The number of hydrogen-bond acceptors (Lipinski definition) is 4. The fraction of sp³-hybridized carbons (Fsp3) is 0.833. The van der Waals surface area contributed by atoms with E-state index in [9.17, 15) is 18.0 Å². The fourth-order valence-corrected chi connectivity index (χ4v) is 3.29. The molecule has 21 heavy (non-hydrogen) atoms. The van der Waals surface area contributed by atoms with Crippen LogP contribution in [0.2, 0.25) is 0 Å². The maximum Gasteiger partial charge on any atom is 0.274 e. The summed E-state index contributed by atoms with van der Waals surface area (Å²) in [5.74, 6) is 0.0358. The lowest BCUT2D eigenvalue weighted by atomic mass is 9.98. The number of nitrogens with one attached hydrogen (secondary N) is 1. The van der Waals surface area contributed by atoms with E-state index in [2.05, 4.69) is 4.72 Å². The minimum atomic E-state index is -3.69. The number of carbonyl (C=O) groups is 2. The van der Waals surface area contributed by atoms with Crippen LogP contribution in [0.5, 0.6) is 0 Å². The van der Waals surface area contributed by atoms with Crippen LogP contribution in [0.1, 0.15) is 25.7 Å². The van der Waals surface area contributed by atoms with Crippen LogP contribution >= 0.6 is 0 Å². The Hall–Kier alpha value is -1.19. The predicted octanol–water partition coefficient (Wildman–Crippen LogP) is -1.36. The van der Waals surface area contributed by atoms with Crippen LogP contribution in [-0.4, -0.2) is 62.8 Å². The molecule has 2 saturated heterocycles. The Kier molecular flexibility index (Phi) is 5.17. The Morgan fingerprint density at radius 1 is 1.33 bits per heavy atom. The van der Waals surface area contributed by atoms with Crippen molar-refractivity contribution in [3.63, 3.8) is 0 Å². The summed E-state index contributed by atoms with van der Waals surface area (Å²) in [5.41, 5.74) is 0. The average Bonchev–Trinajstić information content (AvgIpc) is 2.81. The second kappa shape index (κ2) is 6.71. The molecule has 2 amide bonds. The third-order valence-electron chi connectivity index (χ3n) is 3.94. The molecule has 0 bridgehead atoms. The van der Waals surface area contributed by atoms with Crippen LogP contribution < -0.4 is 9.86 Å². The number of likely N-dealkylation sites (tertiary alicyclic amines) is 2. The summed E-state index contributed by atoms with van der Waals surface area (Å²) in [5, 5.41) is 4.91. The molecule has 0 aromatic rings. The van der Waals surface area contributed by atoms with Crippen molar-refractivity contribution < 1.29 is 18.0 Å². The number of amides is 2. The number of piperidine rings is 1. The average molecular weight is 318 g/mol. The van der Waals surface area contributed by atoms with Gasteiger partial charge < -0.3 is 9.80 Å². The minimum absolute atomic E-state index is 0.0350. The molecule has 0 aromatic carbocycles. The minimum Gasteiger partial charge on any atom is -0.341 e. The van der Waals surface area contributed by atoms with E-state index in [1.807, 2.05) is 0 Å². The number of nitrogens with two attached hydrogens (primary N) is 1. The Morgan fingerprint density at radius 2 is 2.10 bits per heavy atom. The third-order valence-corrected chi connectivity index (χ3v) is 4.51. The molecule has 3 N–H and O–H groups in total. The van der Waals surface area contributed by atoms with Gasteiger partial charge in [-0.3, -0.25) is 9.59 Å². The molecule has 0 spiro atoms. The molecule has 1 unspecified atom stereocenters. The van der Waals surface area contributed by atoms with Crippen molar-refractivity contribution in [2.75, 3.05) is 32.7 Å². The maximum absolute atomic E-state index is 12.2.